The van der Waals surface area contributed by atoms with E-state index in [1.807, 2.05) is 0 Å². The van der Waals surface area contributed by atoms with Crippen LogP contribution in [0.3, 0.4) is 0 Å². The quantitative estimate of drug-likeness (QED) is 0.350. The second-order valence-electron chi connectivity index (χ2n) is 6.07. The Kier molecular flexibility index (Phi) is 5.20. The Balaban J connectivity index is 2.00. The lowest BCUT2D eigenvalue weighted by molar-refractivity contribution is -0.144. The number of carbonyl (C=O) groups is 2. The van der Waals surface area contributed by atoms with Crippen LogP contribution in [0.2, 0.25) is 0 Å². The molecule has 2 unspecified atom stereocenters. The third kappa shape index (κ3) is 3.32. The summed E-state index contributed by atoms with van der Waals surface area (Å²) < 4.78 is 5.04. The molecule has 0 amide bonds. The Bertz CT molecular complexity index is 787. The fourth-order valence-corrected chi connectivity index (χ4v) is 5.38. The maximum absolute atomic E-state index is 12.1. The number of Topliss-reactive ketones (excluding diaryl/α,β-unsaturated/α-hetero) is 1. The predicted octanol–water partition coefficient (Wildman–Crippen LogP) is 3.43. The molecular weight excluding hydrogens is 344 g/mol. The highest BCUT2D eigenvalue weighted by molar-refractivity contribution is 8.01. The van der Waals surface area contributed by atoms with E-state index in [0.717, 1.165) is 29.5 Å². The van der Waals surface area contributed by atoms with Gasteiger partial charge in [0.1, 0.15) is 16.2 Å². The summed E-state index contributed by atoms with van der Waals surface area (Å²) >= 11 is 2.89. The summed E-state index contributed by atoms with van der Waals surface area (Å²) in [7, 11) is 0. The van der Waals surface area contributed by atoms with Crippen molar-refractivity contribution in [2.45, 2.75) is 50.3 Å². The topological polar surface area (TPSA) is 69.2 Å². The van der Waals surface area contributed by atoms with Crippen LogP contribution in [-0.4, -0.2) is 33.6 Å². The summed E-state index contributed by atoms with van der Waals surface area (Å²) in [6.45, 7) is 5.67. The Morgan fingerprint density at radius 3 is 2.96 bits per heavy atom. The molecule has 3 rings (SSSR count). The normalized spacial score (nSPS) is 18.2. The van der Waals surface area contributed by atoms with E-state index in [-0.39, 0.29) is 12.4 Å². The zero-order valence-corrected chi connectivity index (χ0v) is 15.6. The van der Waals surface area contributed by atoms with E-state index in [4.69, 9.17) is 4.74 Å². The van der Waals surface area contributed by atoms with Gasteiger partial charge in [0.05, 0.1) is 6.61 Å². The summed E-state index contributed by atoms with van der Waals surface area (Å²) in [4.78, 5) is 35.1. The number of hydrogen-bond donors (Lipinski definition) is 0. The molecule has 2 aromatic rings. The number of hydrogen-bond acceptors (Lipinski definition) is 7. The second-order valence-corrected chi connectivity index (χ2v) is 8.25. The Hall–Kier alpha value is -1.47. The van der Waals surface area contributed by atoms with Gasteiger partial charge in [0.2, 0.25) is 0 Å². The molecule has 0 spiro atoms. The number of carbonyl (C=O) groups excluding carboxylic acids is 2. The molecule has 0 saturated carbocycles. The standard InChI is InChI=1S/C17H20N2O3S2/c1-4-22-17(21)14(10(3)20)24-16-13-11-6-5-9(2)7-12(11)23-15(13)18-8-19-16/h8-9,14H,4-7H2,1-3H3. The maximum Gasteiger partial charge on any atom is 0.327 e. The SMILES string of the molecule is CCOC(=O)C(Sc1ncnc2sc3c(c12)CCC(C)C3)C(C)=O. The molecule has 0 fully saturated rings. The van der Waals surface area contributed by atoms with Crippen LogP contribution in [-0.2, 0) is 27.2 Å². The van der Waals surface area contributed by atoms with Gasteiger partial charge in [-0.15, -0.1) is 11.3 Å². The molecular formula is C17H20N2O3S2. The van der Waals surface area contributed by atoms with E-state index in [9.17, 15) is 9.59 Å². The second kappa shape index (κ2) is 7.19. The van der Waals surface area contributed by atoms with Gasteiger partial charge in [-0.3, -0.25) is 9.59 Å². The van der Waals surface area contributed by atoms with Crippen molar-refractivity contribution in [1.82, 2.24) is 9.97 Å². The van der Waals surface area contributed by atoms with E-state index >= 15 is 0 Å². The minimum absolute atomic E-state index is 0.220. The van der Waals surface area contributed by atoms with E-state index in [0.29, 0.717) is 10.9 Å². The van der Waals surface area contributed by atoms with Crippen molar-refractivity contribution < 1.29 is 14.3 Å². The number of nitrogens with zero attached hydrogens (tertiary/aromatic N) is 2. The number of rotatable bonds is 5. The number of ether oxygens (including phenoxy) is 1. The number of aryl methyl sites for hydroxylation is 1. The third-order valence-electron chi connectivity index (χ3n) is 4.16. The average Bonchev–Trinajstić information content (AvgIpc) is 2.90. The van der Waals surface area contributed by atoms with Crippen molar-refractivity contribution in [3.05, 3.63) is 16.8 Å². The Morgan fingerprint density at radius 2 is 2.25 bits per heavy atom. The van der Waals surface area contributed by atoms with Gasteiger partial charge in [-0.05, 0) is 44.6 Å². The fourth-order valence-electron chi connectivity index (χ4n) is 2.96. The molecule has 0 aromatic carbocycles. The van der Waals surface area contributed by atoms with Gasteiger partial charge in [0.15, 0.2) is 11.0 Å². The zero-order chi connectivity index (χ0) is 17.3. The molecule has 7 heteroatoms. The average molecular weight is 364 g/mol. The number of esters is 1. The summed E-state index contributed by atoms with van der Waals surface area (Å²) in [6, 6.07) is 0. The first-order chi connectivity index (χ1) is 11.5. The molecule has 0 N–H and O–H groups in total. The first-order valence-corrected chi connectivity index (χ1v) is 9.79. The smallest absolute Gasteiger partial charge is 0.327 e. The van der Waals surface area contributed by atoms with E-state index < -0.39 is 11.2 Å². The minimum atomic E-state index is -0.874. The van der Waals surface area contributed by atoms with Gasteiger partial charge in [0, 0.05) is 10.3 Å². The highest BCUT2D eigenvalue weighted by Crippen LogP contribution is 2.41. The molecule has 0 bridgehead atoms. The van der Waals surface area contributed by atoms with Gasteiger partial charge in [-0.2, -0.15) is 0 Å². The van der Waals surface area contributed by atoms with Crippen molar-refractivity contribution in [3.8, 4) is 0 Å². The van der Waals surface area contributed by atoms with Crippen LogP contribution in [0.15, 0.2) is 11.4 Å². The molecule has 24 heavy (non-hydrogen) atoms. The molecule has 2 atom stereocenters. The van der Waals surface area contributed by atoms with Crippen molar-refractivity contribution in [1.29, 1.82) is 0 Å². The molecule has 1 aliphatic rings. The fraction of sp³-hybridized carbons (Fsp3) is 0.529. The van der Waals surface area contributed by atoms with Crippen molar-refractivity contribution in [3.63, 3.8) is 0 Å². The highest BCUT2D eigenvalue weighted by atomic mass is 32.2. The molecule has 0 saturated heterocycles. The van der Waals surface area contributed by atoms with Crippen LogP contribution in [0.25, 0.3) is 10.2 Å². The van der Waals surface area contributed by atoms with Gasteiger partial charge >= 0.3 is 5.97 Å². The minimum Gasteiger partial charge on any atom is -0.465 e. The number of thioether (sulfide) groups is 1. The van der Waals surface area contributed by atoms with Crippen molar-refractivity contribution in [2.24, 2.45) is 5.92 Å². The van der Waals surface area contributed by atoms with E-state index in [2.05, 4.69) is 16.9 Å². The number of aromatic nitrogens is 2. The molecule has 2 heterocycles. The van der Waals surface area contributed by atoms with Gasteiger partial charge in [-0.25, -0.2) is 9.97 Å². The van der Waals surface area contributed by atoms with E-state index in [1.165, 1.54) is 35.5 Å². The Labute approximate surface area is 149 Å². The molecule has 0 radical (unpaired) electrons. The largest absolute Gasteiger partial charge is 0.465 e. The van der Waals surface area contributed by atoms with E-state index in [1.54, 1.807) is 18.3 Å². The maximum atomic E-state index is 12.1. The van der Waals surface area contributed by atoms with Gasteiger partial charge in [-0.1, -0.05) is 18.7 Å². The van der Waals surface area contributed by atoms with Gasteiger partial charge < -0.3 is 4.74 Å². The first-order valence-electron chi connectivity index (χ1n) is 8.10. The summed E-state index contributed by atoms with van der Waals surface area (Å²) in [6.07, 6.45) is 4.72. The number of ketones is 1. The van der Waals surface area contributed by atoms with Crippen molar-refractivity contribution >= 4 is 45.1 Å². The molecule has 0 aliphatic heterocycles. The number of fused-ring (bicyclic) bond motifs is 3. The monoisotopic (exact) mass is 364 g/mol. The van der Waals surface area contributed by atoms with Crippen LogP contribution < -0.4 is 0 Å². The van der Waals surface area contributed by atoms with Crippen molar-refractivity contribution in [2.75, 3.05) is 6.61 Å². The highest BCUT2D eigenvalue weighted by Gasteiger charge is 2.29. The zero-order valence-electron chi connectivity index (χ0n) is 14.0. The molecule has 2 aromatic heterocycles. The van der Waals surface area contributed by atoms with Crippen LogP contribution >= 0.6 is 23.1 Å². The Morgan fingerprint density at radius 1 is 1.46 bits per heavy atom. The number of thiophene rings is 1. The molecule has 5 nitrogen and oxygen atoms in total. The molecule has 1 aliphatic carbocycles. The lowest BCUT2D eigenvalue weighted by atomic mass is 9.89. The predicted molar refractivity (Wildman–Crippen MR) is 95.6 cm³/mol. The lowest BCUT2D eigenvalue weighted by Gasteiger charge is -2.18. The van der Waals surface area contributed by atoms with Gasteiger partial charge in [0.25, 0.3) is 0 Å². The first kappa shape index (κ1) is 17.4. The summed E-state index contributed by atoms with van der Waals surface area (Å²) in [5, 5.41) is 0.853. The lowest BCUT2D eigenvalue weighted by Crippen LogP contribution is -2.27. The summed E-state index contributed by atoms with van der Waals surface area (Å²) in [5.74, 6) is -0.0402. The van der Waals surface area contributed by atoms with Crippen LogP contribution in [0.5, 0.6) is 0 Å². The third-order valence-corrected chi connectivity index (χ3v) is 6.61. The molecule has 128 valence electrons. The summed E-state index contributed by atoms with van der Waals surface area (Å²) in [5.41, 5.74) is 1.29. The van der Waals surface area contributed by atoms with Crippen LogP contribution in [0.1, 0.15) is 37.6 Å². The van der Waals surface area contributed by atoms with Crippen LogP contribution in [0, 0.1) is 5.92 Å². The van der Waals surface area contributed by atoms with Crippen LogP contribution in [0.4, 0.5) is 0 Å².